The monoisotopic (exact) mass is 401 g/mol. The van der Waals surface area contributed by atoms with E-state index in [1.54, 1.807) is 14.2 Å². The molecule has 0 aliphatic carbocycles. The number of methoxy groups -OCH3 is 2. The Hall–Kier alpha value is -1.44. The molecule has 0 bridgehead atoms. The van der Waals surface area contributed by atoms with Crippen LogP contribution in [0.4, 0.5) is 5.82 Å². The molecular formula is C15H20IN3O2. The number of ether oxygens (including phenoxy) is 2. The van der Waals surface area contributed by atoms with Gasteiger partial charge in [0.2, 0.25) is 0 Å². The summed E-state index contributed by atoms with van der Waals surface area (Å²) in [7, 11) is 3.28. The van der Waals surface area contributed by atoms with E-state index in [4.69, 9.17) is 15.2 Å². The summed E-state index contributed by atoms with van der Waals surface area (Å²) in [6.07, 6.45) is 0.821. The molecule has 1 aromatic carbocycles. The fraction of sp³-hybridized carbons (Fsp3) is 0.400. The van der Waals surface area contributed by atoms with Gasteiger partial charge in [-0.3, -0.25) is 0 Å². The molecule has 114 valence electrons. The highest BCUT2D eigenvalue weighted by Gasteiger charge is 2.16. The van der Waals surface area contributed by atoms with Gasteiger partial charge in [-0.05, 0) is 60.6 Å². The van der Waals surface area contributed by atoms with E-state index in [1.807, 2.05) is 29.8 Å². The van der Waals surface area contributed by atoms with E-state index in [1.165, 1.54) is 0 Å². The molecule has 6 heteroatoms. The molecule has 0 aliphatic rings. The topological polar surface area (TPSA) is 62.3 Å². The predicted octanol–water partition coefficient (Wildman–Crippen LogP) is 3.20. The van der Waals surface area contributed by atoms with E-state index in [2.05, 4.69) is 34.6 Å². The number of hydrogen-bond donors (Lipinski definition) is 1. The number of benzene rings is 1. The summed E-state index contributed by atoms with van der Waals surface area (Å²) in [6.45, 7) is 4.08. The predicted molar refractivity (Wildman–Crippen MR) is 92.1 cm³/mol. The zero-order valence-electron chi connectivity index (χ0n) is 12.7. The van der Waals surface area contributed by atoms with Crippen molar-refractivity contribution in [3.63, 3.8) is 0 Å². The number of aromatic nitrogens is 2. The highest BCUT2D eigenvalue weighted by atomic mass is 127. The van der Waals surface area contributed by atoms with Crippen molar-refractivity contribution in [3.8, 4) is 11.5 Å². The third-order valence-corrected chi connectivity index (χ3v) is 4.78. The lowest BCUT2D eigenvalue weighted by atomic mass is 10.1. The largest absolute Gasteiger partial charge is 0.493 e. The van der Waals surface area contributed by atoms with Gasteiger partial charge in [-0.2, -0.15) is 5.10 Å². The quantitative estimate of drug-likeness (QED) is 0.782. The summed E-state index contributed by atoms with van der Waals surface area (Å²) in [6, 6.07) is 6.12. The van der Waals surface area contributed by atoms with Crippen LogP contribution in [0, 0.1) is 10.5 Å². The highest BCUT2D eigenvalue weighted by molar-refractivity contribution is 14.1. The van der Waals surface area contributed by atoms with Crippen LogP contribution in [0.1, 0.15) is 24.2 Å². The zero-order chi connectivity index (χ0) is 15.6. The summed E-state index contributed by atoms with van der Waals surface area (Å²) >= 11 is 2.23. The molecule has 2 rings (SSSR count). The summed E-state index contributed by atoms with van der Waals surface area (Å²) in [5.41, 5.74) is 8.23. The second kappa shape index (κ2) is 6.55. The van der Waals surface area contributed by atoms with Gasteiger partial charge in [0.1, 0.15) is 5.82 Å². The van der Waals surface area contributed by atoms with Gasteiger partial charge >= 0.3 is 0 Å². The van der Waals surface area contributed by atoms with Crippen LogP contribution in [0.3, 0.4) is 0 Å². The Morgan fingerprint density at radius 3 is 2.48 bits per heavy atom. The minimum absolute atomic E-state index is 0.172. The smallest absolute Gasteiger partial charge is 0.160 e. The molecule has 1 atom stereocenters. The maximum atomic E-state index is 6.11. The molecular weight excluding hydrogens is 381 g/mol. The van der Waals surface area contributed by atoms with Crippen molar-refractivity contribution in [1.82, 2.24) is 9.78 Å². The van der Waals surface area contributed by atoms with E-state index in [0.717, 1.165) is 38.6 Å². The van der Waals surface area contributed by atoms with E-state index in [9.17, 15) is 0 Å². The maximum absolute atomic E-state index is 6.11. The molecule has 0 spiro atoms. The minimum Gasteiger partial charge on any atom is -0.493 e. The lowest BCUT2D eigenvalue weighted by molar-refractivity contribution is 0.354. The lowest BCUT2D eigenvalue weighted by Crippen LogP contribution is -2.13. The van der Waals surface area contributed by atoms with Crippen LogP contribution >= 0.6 is 22.6 Å². The van der Waals surface area contributed by atoms with Crippen LogP contribution in [0.15, 0.2) is 18.2 Å². The average Bonchev–Trinajstić information content (AvgIpc) is 2.74. The van der Waals surface area contributed by atoms with Crippen LogP contribution in [0.25, 0.3) is 0 Å². The molecule has 0 radical (unpaired) electrons. The van der Waals surface area contributed by atoms with Crippen LogP contribution in [-0.2, 0) is 6.42 Å². The molecule has 1 unspecified atom stereocenters. The molecule has 0 amide bonds. The standard InChI is InChI=1S/C15H20IN3O2/c1-9(19-15(17)14(16)10(2)18-19)7-11-5-6-12(20-3)13(8-11)21-4/h5-6,8-9H,7,17H2,1-4H3. The number of aryl methyl sites for hydroxylation is 1. The first-order valence-corrected chi connectivity index (χ1v) is 7.76. The molecule has 0 saturated heterocycles. The van der Waals surface area contributed by atoms with Crippen molar-refractivity contribution in [3.05, 3.63) is 33.0 Å². The van der Waals surface area contributed by atoms with Crippen molar-refractivity contribution in [1.29, 1.82) is 0 Å². The molecule has 0 aliphatic heterocycles. The molecule has 0 saturated carbocycles. The van der Waals surface area contributed by atoms with Gasteiger partial charge in [0.05, 0.1) is 29.5 Å². The molecule has 1 aromatic heterocycles. The first-order valence-electron chi connectivity index (χ1n) is 6.69. The van der Waals surface area contributed by atoms with Gasteiger partial charge < -0.3 is 15.2 Å². The van der Waals surface area contributed by atoms with Gasteiger partial charge in [-0.1, -0.05) is 6.07 Å². The number of nitrogen functional groups attached to an aromatic ring is 1. The van der Waals surface area contributed by atoms with Crippen molar-refractivity contribution >= 4 is 28.4 Å². The summed E-state index contributed by atoms with van der Waals surface area (Å²) < 4.78 is 13.5. The zero-order valence-corrected chi connectivity index (χ0v) is 14.8. The number of rotatable bonds is 5. The van der Waals surface area contributed by atoms with E-state index in [0.29, 0.717) is 0 Å². The van der Waals surface area contributed by atoms with E-state index >= 15 is 0 Å². The third-order valence-electron chi connectivity index (χ3n) is 3.44. The van der Waals surface area contributed by atoms with E-state index in [-0.39, 0.29) is 6.04 Å². The van der Waals surface area contributed by atoms with Crippen LogP contribution < -0.4 is 15.2 Å². The van der Waals surface area contributed by atoms with Gasteiger partial charge in [0.15, 0.2) is 11.5 Å². The SMILES string of the molecule is COc1ccc(CC(C)n2nc(C)c(I)c2N)cc1OC. The van der Waals surface area contributed by atoms with Crippen LogP contribution in [0.2, 0.25) is 0 Å². The van der Waals surface area contributed by atoms with Crippen molar-refractivity contribution < 1.29 is 9.47 Å². The number of anilines is 1. The molecule has 1 heterocycles. The number of halogens is 1. The Kier molecular flexibility index (Phi) is 4.97. The summed E-state index contributed by atoms with van der Waals surface area (Å²) in [4.78, 5) is 0. The van der Waals surface area contributed by atoms with Crippen molar-refractivity contribution in [2.75, 3.05) is 20.0 Å². The Morgan fingerprint density at radius 1 is 1.29 bits per heavy atom. The lowest BCUT2D eigenvalue weighted by Gasteiger charge is -2.15. The molecule has 5 nitrogen and oxygen atoms in total. The van der Waals surface area contributed by atoms with Crippen LogP contribution in [0.5, 0.6) is 11.5 Å². The second-order valence-corrected chi connectivity index (χ2v) is 6.05. The fourth-order valence-electron chi connectivity index (χ4n) is 2.32. The van der Waals surface area contributed by atoms with Crippen molar-refractivity contribution in [2.45, 2.75) is 26.3 Å². The Balaban J connectivity index is 2.23. The van der Waals surface area contributed by atoms with Gasteiger partial charge in [-0.25, -0.2) is 4.68 Å². The molecule has 0 fully saturated rings. The van der Waals surface area contributed by atoms with Gasteiger partial charge in [0, 0.05) is 0 Å². The average molecular weight is 401 g/mol. The Bertz CT molecular complexity index is 640. The van der Waals surface area contributed by atoms with E-state index < -0.39 is 0 Å². The van der Waals surface area contributed by atoms with Crippen LogP contribution in [-0.4, -0.2) is 24.0 Å². The molecule has 21 heavy (non-hydrogen) atoms. The fourth-order valence-corrected chi connectivity index (χ4v) is 2.67. The Morgan fingerprint density at radius 2 is 1.95 bits per heavy atom. The first-order chi connectivity index (χ1) is 9.97. The summed E-state index contributed by atoms with van der Waals surface area (Å²) in [5.74, 6) is 2.19. The number of nitrogens with zero attached hydrogens (tertiary/aromatic N) is 2. The normalized spacial score (nSPS) is 12.2. The third kappa shape index (κ3) is 3.25. The number of nitrogens with two attached hydrogens (primary N) is 1. The second-order valence-electron chi connectivity index (χ2n) is 4.97. The minimum atomic E-state index is 0.172. The van der Waals surface area contributed by atoms with Crippen molar-refractivity contribution in [2.24, 2.45) is 0 Å². The highest BCUT2D eigenvalue weighted by Crippen LogP contribution is 2.30. The molecule has 2 aromatic rings. The number of hydrogen-bond acceptors (Lipinski definition) is 4. The van der Waals surface area contributed by atoms with Gasteiger partial charge in [0.25, 0.3) is 0 Å². The van der Waals surface area contributed by atoms with Gasteiger partial charge in [-0.15, -0.1) is 0 Å². The molecule has 2 N–H and O–H groups in total. The first kappa shape index (κ1) is 15.9. The summed E-state index contributed by atoms with van der Waals surface area (Å²) in [5, 5.41) is 4.51. The maximum Gasteiger partial charge on any atom is 0.160 e. The Labute approximate surface area is 138 Å².